The second-order valence-corrected chi connectivity index (χ2v) is 5.87. The van der Waals surface area contributed by atoms with Crippen LogP contribution in [-0.2, 0) is 6.18 Å². The van der Waals surface area contributed by atoms with Crippen LogP contribution in [0.5, 0.6) is 5.75 Å². The summed E-state index contributed by atoms with van der Waals surface area (Å²) in [5, 5.41) is 15.1. The van der Waals surface area contributed by atoms with E-state index in [1.54, 1.807) is 24.3 Å². The molecule has 2 N–H and O–H groups in total. The summed E-state index contributed by atoms with van der Waals surface area (Å²) in [6.07, 6.45) is -4.63. The van der Waals surface area contributed by atoms with Crippen molar-refractivity contribution in [2.75, 3.05) is 31.1 Å². The molecule has 0 spiro atoms. The largest absolute Gasteiger partial charge is 0.508 e. The Labute approximate surface area is 141 Å². The molecule has 0 bridgehead atoms. The van der Waals surface area contributed by atoms with Crippen molar-refractivity contribution in [3.63, 3.8) is 0 Å². The third kappa shape index (κ3) is 3.40. The summed E-state index contributed by atoms with van der Waals surface area (Å²) in [4.78, 5) is 15.8. The van der Waals surface area contributed by atoms with Crippen molar-refractivity contribution in [1.82, 2.24) is 15.1 Å². The van der Waals surface area contributed by atoms with Crippen LogP contribution >= 0.6 is 0 Å². The van der Waals surface area contributed by atoms with Gasteiger partial charge in [-0.1, -0.05) is 0 Å². The number of aromatic nitrogens is 2. The maximum atomic E-state index is 13.1. The molecule has 1 amide bonds. The van der Waals surface area contributed by atoms with Crippen molar-refractivity contribution < 1.29 is 23.1 Å². The number of piperazine rings is 1. The number of amides is 1. The van der Waals surface area contributed by atoms with E-state index in [4.69, 9.17) is 0 Å². The first-order valence-corrected chi connectivity index (χ1v) is 7.73. The van der Waals surface area contributed by atoms with Gasteiger partial charge in [0, 0.05) is 37.6 Å². The zero-order valence-electron chi connectivity index (χ0n) is 13.5. The molecule has 0 unspecified atom stereocenters. The lowest BCUT2D eigenvalue weighted by atomic mass is 10.1. The van der Waals surface area contributed by atoms with Crippen LogP contribution < -0.4 is 4.90 Å². The molecule has 134 valence electrons. The van der Waals surface area contributed by atoms with Gasteiger partial charge in [0.1, 0.15) is 11.3 Å². The summed E-state index contributed by atoms with van der Waals surface area (Å²) in [5.41, 5.74) is -0.864. The molecule has 1 saturated heterocycles. The molecular weight excluding hydrogens is 337 g/mol. The number of halogens is 3. The topological polar surface area (TPSA) is 72.5 Å². The number of hydrogen-bond donors (Lipinski definition) is 2. The molecule has 1 fully saturated rings. The van der Waals surface area contributed by atoms with Gasteiger partial charge < -0.3 is 14.9 Å². The van der Waals surface area contributed by atoms with E-state index >= 15 is 0 Å². The number of hydrogen-bond acceptors (Lipinski definition) is 4. The number of rotatable bonds is 2. The van der Waals surface area contributed by atoms with Crippen molar-refractivity contribution in [1.29, 1.82) is 0 Å². The molecule has 1 aliphatic heterocycles. The van der Waals surface area contributed by atoms with Gasteiger partial charge in [0.15, 0.2) is 5.69 Å². The second kappa shape index (κ2) is 6.30. The van der Waals surface area contributed by atoms with Crippen molar-refractivity contribution in [3.8, 4) is 5.75 Å². The maximum Gasteiger partial charge on any atom is 0.420 e. The van der Waals surface area contributed by atoms with E-state index < -0.39 is 23.3 Å². The van der Waals surface area contributed by atoms with Gasteiger partial charge in [0.05, 0.1) is 0 Å². The van der Waals surface area contributed by atoms with E-state index in [0.717, 1.165) is 5.69 Å². The number of nitrogens with zero attached hydrogens (tertiary/aromatic N) is 3. The Hall–Kier alpha value is -2.71. The molecular formula is C16H17F3N4O2. The van der Waals surface area contributed by atoms with E-state index in [0.29, 0.717) is 26.2 Å². The van der Waals surface area contributed by atoms with Crippen molar-refractivity contribution in [2.45, 2.75) is 13.1 Å². The van der Waals surface area contributed by atoms with Crippen LogP contribution in [0.2, 0.25) is 0 Å². The first kappa shape index (κ1) is 17.1. The van der Waals surface area contributed by atoms with Crippen LogP contribution in [0.1, 0.15) is 21.7 Å². The molecule has 2 aromatic rings. The van der Waals surface area contributed by atoms with E-state index in [1.807, 2.05) is 4.90 Å². The van der Waals surface area contributed by atoms with Gasteiger partial charge in [0.2, 0.25) is 0 Å². The number of benzene rings is 1. The summed E-state index contributed by atoms with van der Waals surface area (Å²) >= 11 is 0. The number of aryl methyl sites for hydroxylation is 1. The lowest BCUT2D eigenvalue weighted by Crippen LogP contribution is -2.49. The van der Waals surface area contributed by atoms with E-state index in [2.05, 4.69) is 10.2 Å². The molecule has 3 rings (SSSR count). The van der Waals surface area contributed by atoms with E-state index in [9.17, 15) is 23.1 Å². The Kier molecular flexibility index (Phi) is 4.32. The number of alkyl halides is 3. The molecule has 0 aliphatic carbocycles. The predicted molar refractivity (Wildman–Crippen MR) is 84.6 cm³/mol. The number of nitrogens with one attached hydrogen (secondary N) is 1. The minimum atomic E-state index is -4.63. The van der Waals surface area contributed by atoms with Crippen LogP contribution in [-0.4, -0.2) is 52.3 Å². The Morgan fingerprint density at radius 1 is 1.16 bits per heavy atom. The van der Waals surface area contributed by atoms with Crippen LogP contribution in [0.15, 0.2) is 24.3 Å². The lowest BCUT2D eigenvalue weighted by molar-refractivity contribution is -0.138. The number of anilines is 1. The van der Waals surface area contributed by atoms with Gasteiger partial charge in [-0.05, 0) is 31.2 Å². The Morgan fingerprint density at radius 2 is 1.76 bits per heavy atom. The lowest BCUT2D eigenvalue weighted by Gasteiger charge is -2.36. The highest BCUT2D eigenvalue weighted by Gasteiger charge is 2.40. The summed E-state index contributed by atoms with van der Waals surface area (Å²) in [6, 6.07) is 6.64. The fourth-order valence-electron chi connectivity index (χ4n) is 2.91. The average Bonchev–Trinajstić information content (AvgIpc) is 2.97. The van der Waals surface area contributed by atoms with Gasteiger partial charge in [0.25, 0.3) is 5.91 Å². The molecule has 0 saturated carbocycles. The van der Waals surface area contributed by atoms with Gasteiger partial charge in [-0.3, -0.25) is 9.89 Å². The number of phenols is 1. The third-order valence-electron chi connectivity index (χ3n) is 4.22. The fourth-order valence-corrected chi connectivity index (χ4v) is 2.91. The molecule has 1 aliphatic rings. The number of phenolic OH excluding ortho intramolecular Hbond substituents is 1. The summed E-state index contributed by atoms with van der Waals surface area (Å²) in [7, 11) is 0. The van der Waals surface area contributed by atoms with Crippen molar-refractivity contribution in [2.24, 2.45) is 0 Å². The van der Waals surface area contributed by atoms with Crippen molar-refractivity contribution in [3.05, 3.63) is 41.2 Å². The zero-order chi connectivity index (χ0) is 18.2. The Bertz CT molecular complexity index is 763. The molecule has 9 heteroatoms. The Balaban J connectivity index is 1.71. The van der Waals surface area contributed by atoms with Crippen LogP contribution in [0, 0.1) is 6.92 Å². The quantitative estimate of drug-likeness (QED) is 0.869. The number of carbonyl (C=O) groups excluding carboxylic acids is 1. The van der Waals surface area contributed by atoms with Gasteiger partial charge in [-0.25, -0.2) is 0 Å². The smallest absolute Gasteiger partial charge is 0.420 e. The first-order chi connectivity index (χ1) is 11.8. The number of aromatic amines is 1. The number of aromatic hydroxyl groups is 1. The molecule has 1 aromatic carbocycles. The summed E-state index contributed by atoms with van der Waals surface area (Å²) in [5.74, 6) is -0.562. The minimum Gasteiger partial charge on any atom is -0.508 e. The van der Waals surface area contributed by atoms with Crippen LogP contribution in [0.4, 0.5) is 18.9 Å². The van der Waals surface area contributed by atoms with Crippen LogP contribution in [0.25, 0.3) is 0 Å². The van der Waals surface area contributed by atoms with Gasteiger partial charge in [-0.2, -0.15) is 18.3 Å². The molecule has 0 radical (unpaired) electrons. The summed E-state index contributed by atoms with van der Waals surface area (Å²) < 4.78 is 39.4. The van der Waals surface area contributed by atoms with Gasteiger partial charge >= 0.3 is 6.18 Å². The standard InChI is InChI=1S/C16H17F3N4O2/c1-10-13(16(17,18)19)14(21-20-10)15(25)23-8-6-22(7-9-23)11-2-4-12(24)5-3-11/h2-5,24H,6-9H2,1H3,(H,20,21). The maximum absolute atomic E-state index is 13.1. The molecule has 2 heterocycles. The normalized spacial score (nSPS) is 15.5. The molecule has 0 atom stereocenters. The summed E-state index contributed by atoms with van der Waals surface area (Å²) in [6.45, 7) is 2.81. The second-order valence-electron chi connectivity index (χ2n) is 5.87. The van der Waals surface area contributed by atoms with Crippen molar-refractivity contribution >= 4 is 11.6 Å². The SMILES string of the molecule is Cc1[nH]nc(C(=O)N2CCN(c3ccc(O)cc3)CC2)c1C(F)(F)F. The number of H-pyrrole nitrogens is 1. The van der Waals surface area contributed by atoms with E-state index in [1.165, 1.54) is 11.8 Å². The number of carbonyl (C=O) groups is 1. The minimum absolute atomic E-state index is 0.158. The predicted octanol–water partition coefficient (Wildman–Crippen LogP) is 2.40. The zero-order valence-corrected chi connectivity index (χ0v) is 13.5. The highest BCUT2D eigenvalue weighted by Crippen LogP contribution is 2.34. The highest BCUT2D eigenvalue weighted by molar-refractivity contribution is 5.94. The molecule has 1 aromatic heterocycles. The Morgan fingerprint density at radius 3 is 2.32 bits per heavy atom. The fraction of sp³-hybridized carbons (Fsp3) is 0.375. The molecule has 6 nitrogen and oxygen atoms in total. The molecule has 25 heavy (non-hydrogen) atoms. The van der Waals surface area contributed by atoms with Crippen LogP contribution in [0.3, 0.4) is 0 Å². The van der Waals surface area contributed by atoms with E-state index in [-0.39, 0.29) is 11.4 Å². The third-order valence-corrected chi connectivity index (χ3v) is 4.22. The monoisotopic (exact) mass is 354 g/mol. The average molecular weight is 354 g/mol. The van der Waals surface area contributed by atoms with Gasteiger partial charge in [-0.15, -0.1) is 0 Å². The first-order valence-electron chi connectivity index (χ1n) is 7.73. The highest BCUT2D eigenvalue weighted by atomic mass is 19.4.